The summed E-state index contributed by atoms with van der Waals surface area (Å²) in [6, 6.07) is 13.9. The largest absolute Gasteiger partial charge is 0.389 e. The first-order valence-electron chi connectivity index (χ1n) is 6.40. The van der Waals surface area contributed by atoms with E-state index in [9.17, 15) is 0 Å². The molecule has 3 N–H and O–H groups in total. The third kappa shape index (κ3) is 3.30. The van der Waals surface area contributed by atoms with Gasteiger partial charge in [-0.1, -0.05) is 48.1 Å². The SMILES string of the molecule is Cc1ccc(C(N)=S)c(NC(C)c2ccccc2Cl)c1. The molecule has 1 unspecified atom stereocenters. The molecule has 2 rings (SSSR count). The van der Waals surface area contributed by atoms with E-state index in [-0.39, 0.29) is 6.04 Å². The van der Waals surface area contributed by atoms with Crippen LogP contribution in [0, 0.1) is 6.92 Å². The molecule has 0 spiro atoms. The molecule has 20 heavy (non-hydrogen) atoms. The van der Waals surface area contributed by atoms with Crippen molar-refractivity contribution in [2.45, 2.75) is 19.9 Å². The fourth-order valence-corrected chi connectivity index (χ4v) is 2.61. The van der Waals surface area contributed by atoms with Gasteiger partial charge in [0.15, 0.2) is 0 Å². The van der Waals surface area contributed by atoms with Crippen LogP contribution in [0.1, 0.15) is 29.7 Å². The Morgan fingerprint density at radius 1 is 1.25 bits per heavy atom. The van der Waals surface area contributed by atoms with Crippen LogP contribution >= 0.6 is 23.8 Å². The summed E-state index contributed by atoms with van der Waals surface area (Å²) in [6.45, 7) is 4.10. The second-order valence-electron chi connectivity index (χ2n) is 4.80. The predicted molar refractivity (Wildman–Crippen MR) is 90.6 cm³/mol. The summed E-state index contributed by atoms with van der Waals surface area (Å²) in [5.74, 6) is 0. The molecule has 104 valence electrons. The highest BCUT2D eigenvalue weighted by Crippen LogP contribution is 2.27. The van der Waals surface area contributed by atoms with Gasteiger partial charge in [0, 0.05) is 16.3 Å². The number of hydrogen-bond donors (Lipinski definition) is 2. The molecule has 0 radical (unpaired) electrons. The summed E-state index contributed by atoms with van der Waals surface area (Å²) in [5, 5.41) is 4.19. The number of nitrogens with two attached hydrogens (primary N) is 1. The molecule has 0 saturated heterocycles. The Morgan fingerprint density at radius 2 is 1.95 bits per heavy atom. The zero-order valence-electron chi connectivity index (χ0n) is 11.5. The number of thiocarbonyl (C=S) groups is 1. The van der Waals surface area contributed by atoms with Crippen molar-refractivity contribution in [1.29, 1.82) is 0 Å². The highest BCUT2D eigenvalue weighted by Gasteiger charge is 2.12. The molecule has 2 aromatic rings. The maximum atomic E-state index is 6.23. The summed E-state index contributed by atoms with van der Waals surface area (Å²) in [5.41, 5.74) is 9.76. The first-order chi connectivity index (χ1) is 9.49. The van der Waals surface area contributed by atoms with Gasteiger partial charge in [0.25, 0.3) is 0 Å². The average Bonchev–Trinajstić information content (AvgIpc) is 2.38. The molecular formula is C16H17ClN2S. The van der Waals surface area contributed by atoms with Crippen LogP contribution in [-0.4, -0.2) is 4.99 Å². The second-order valence-corrected chi connectivity index (χ2v) is 5.65. The van der Waals surface area contributed by atoms with Crippen LogP contribution in [0.4, 0.5) is 5.69 Å². The van der Waals surface area contributed by atoms with Crippen LogP contribution < -0.4 is 11.1 Å². The molecule has 0 saturated carbocycles. The number of anilines is 1. The summed E-state index contributed by atoms with van der Waals surface area (Å²) in [4.78, 5) is 0.388. The Bertz CT molecular complexity index is 640. The molecule has 0 bridgehead atoms. The van der Waals surface area contributed by atoms with Crippen LogP contribution in [0.2, 0.25) is 5.02 Å². The normalized spacial score (nSPS) is 11.9. The van der Waals surface area contributed by atoms with Crippen molar-refractivity contribution in [2.24, 2.45) is 5.73 Å². The minimum absolute atomic E-state index is 0.0681. The van der Waals surface area contributed by atoms with Crippen LogP contribution in [0.3, 0.4) is 0 Å². The molecule has 0 aliphatic rings. The summed E-state index contributed by atoms with van der Waals surface area (Å²) in [7, 11) is 0. The van der Waals surface area contributed by atoms with Gasteiger partial charge in [-0.15, -0.1) is 0 Å². The lowest BCUT2D eigenvalue weighted by Gasteiger charge is -2.19. The van der Waals surface area contributed by atoms with Crippen LogP contribution in [-0.2, 0) is 0 Å². The summed E-state index contributed by atoms with van der Waals surface area (Å²) in [6.07, 6.45) is 0. The first kappa shape index (κ1) is 14.8. The highest BCUT2D eigenvalue weighted by atomic mass is 35.5. The number of benzene rings is 2. The molecule has 0 aliphatic heterocycles. The van der Waals surface area contributed by atoms with E-state index < -0.39 is 0 Å². The molecule has 0 aliphatic carbocycles. The fourth-order valence-electron chi connectivity index (χ4n) is 2.13. The number of halogens is 1. The Balaban J connectivity index is 2.32. The van der Waals surface area contributed by atoms with E-state index >= 15 is 0 Å². The fraction of sp³-hybridized carbons (Fsp3) is 0.188. The maximum Gasteiger partial charge on any atom is 0.106 e. The quantitative estimate of drug-likeness (QED) is 0.819. The van der Waals surface area contributed by atoms with E-state index in [1.54, 1.807) is 0 Å². The zero-order chi connectivity index (χ0) is 14.7. The maximum absolute atomic E-state index is 6.23. The van der Waals surface area contributed by atoms with E-state index in [0.29, 0.717) is 4.99 Å². The third-order valence-corrected chi connectivity index (χ3v) is 3.75. The van der Waals surface area contributed by atoms with Gasteiger partial charge in [0.2, 0.25) is 0 Å². The van der Waals surface area contributed by atoms with Crippen molar-refractivity contribution in [3.63, 3.8) is 0 Å². The molecule has 0 amide bonds. The molecular weight excluding hydrogens is 288 g/mol. The lowest BCUT2D eigenvalue weighted by atomic mass is 10.1. The van der Waals surface area contributed by atoms with Crippen molar-refractivity contribution in [3.8, 4) is 0 Å². The van der Waals surface area contributed by atoms with Crippen LogP contribution in [0.15, 0.2) is 42.5 Å². The van der Waals surface area contributed by atoms with Crippen molar-refractivity contribution in [2.75, 3.05) is 5.32 Å². The van der Waals surface area contributed by atoms with Crippen LogP contribution in [0.25, 0.3) is 0 Å². The van der Waals surface area contributed by atoms with E-state index in [2.05, 4.69) is 12.2 Å². The van der Waals surface area contributed by atoms with Crippen molar-refractivity contribution < 1.29 is 0 Å². The second kappa shape index (κ2) is 6.25. The van der Waals surface area contributed by atoms with Gasteiger partial charge in [-0.25, -0.2) is 0 Å². The monoisotopic (exact) mass is 304 g/mol. The minimum Gasteiger partial charge on any atom is -0.389 e. The number of aryl methyl sites for hydroxylation is 1. The van der Waals surface area contributed by atoms with Gasteiger partial charge in [-0.3, -0.25) is 0 Å². The van der Waals surface area contributed by atoms with Gasteiger partial charge in [-0.2, -0.15) is 0 Å². The molecule has 1 atom stereocenters. The first-order valence-corrected chi connectivity index (χ1v) is 7.19. The van der Waals surface area contributed by atoms with Crippen molar-refractivity contribution in [3.05, 3.63) is 64.2 Å². The third-order valence-electron chi connectivity index (χ3n) is 3.18. The topological polar surface area (TPSA) is 38.0 Å². The van der Waals surface area contributed by atoms with Gasteiger partial charge in [-0.05, 0) is 43.2 Å². The van der Waals surface area contributed by atoms with E-state index in [0.717, 1.165) is 27.4 Å². The standard InChI is InChI=1S/C16H17ClN2S/c1-10-7-8-13(16(18)20)15(9-10)19-11(2)12-5-3-4-6-14(12)17/h3-9,11,19H,1-2H3,(H2,18,20). The smallest absolute Gasteiger partial charge is 0.106 e. The van der Waals surface area contributed by atoms with Gasteiger partial charge < -0.3 is 11.1 Å². The number of nitrogens with one attached hydrogen (secondary N) is 1. The molecule has 2 aromatic carbocycles. The summed E-state index contributed by atoms with van der Waals surface area (Å²) < 4.78 is 0. The molecule has 0 heterocycles. The zero-order valence-corrected chi connectivity index (χ0v) is 13.1. The van der Waals surface area contributed by atoms with Crippen molar-refractivity contribution in [1.82, 2.24) is 0 Å². The van der Waals surface area contributed by atoms with E-state index in [4.69, 9.17) is 29.6 Å². The number of rotatable bonds is 4. The average molecular weight is 305 g/mol. The van der Waals surface area contributed by atoms with Crippen molar-refractivity contribution >= 4 is 34.5 Å². The molecule has 2 nitrogen and oxygen atoms in total. The minimum atomic E-state index is 0.0681. The lowest BCUT2D eigenvalue weighted by molar-refractivity contribution is 0.884. The predicted octanol–water partition coefficient (Wildman–Crippen LogP) is 4.46. The Hall–Kier alpha value is -1.58. The highest BCUT2D eigenvalue weighted by molar-refractivity contribution is 7.80. The van der Waals surface area contributed by atoms with E-state index in [1.165, 1.54) is 0 Å². The van der Waals surface area contributed by atoms with Gasteiger partial charge in [0.1, 0.15) is 4.99 Å². The number of hydrogen-bond acceptors (Lipinski definition) is 2. The Labute approximate surface area is 130 Å². The Kier molecular flexibility index (Phi) is 4.63. The molecule has 4 heteroatoms. The van der Waals surface area contributed by atoms with Gasteiger partial charge in [0.05, 0.1) is 6.04 Å². The lowest BCUT2D eigenvalue weighted by Crippen LogP contribution is -2.15. The van der Waals surface area contributed by atoms with Crippen LogP contribution in [0.5, 0.6) is 0 Å². The molecule has 0 aromatic heterocycles. The molecule has 0 fully saturated rings. The van der Waals surface area contributed by atoms with E-state index in [1.807, 2.05) is 49.4 Å². The Morgan fingerprint density at radius 3 is 2.60 bits per heavy atom. The van der Waals surface area contributed by atoms with Gasteiger partial charge >= 0.3 is 0 Å². The summed E-state index contributed by atoms with van der Waals surface area (Å²) >= 11 is 11.3.